The molecule has 2 N–H and O–H groups in total. The van der Waals surface area contributed by atoms with Gasteiger partial charge in [-0.15, -0.1) is 0 Å². The number of pyridine rings is 1. The molecule has 0 radical (unpaired) electrons. The highest BCUT2D eigenvalue weighted by atomic mass is 35.5. The van der Waals surface area contributed by atoms with Crippen LogP contribution in [0.3, 0.4) is 0 Å². The molecule has 3 unspecified atom stereocenters. The lowest BCUT2D eigenvalue weighted by Gasteiger charge is -2.52. The fourth-order valence-electron chi connectivity index (χ4n) is 8.37. The Kier molecular flexibility index (Phi) is 5.11. The average molecular weight is 508 g/mol. The second-order valence-corrected chi connectivity index (χ2v) is 12.3. The van der Waals surface area contributed by atoms with Crippen LogP contribution in [-0.2, 0) is 15.1 Å². The molecular formula is C30H34ClNO4. The van der Waals surface area contributed by atoms with E-state index < -0.39 is 22.4 Å². The molecule has 190 valence electrons. The summed E-state index contributed by atoms with van der Waals surface area (Å²) < 4.78 is 12.1. The predicted molar refractivity (Wildman–Crippen MR) is 138 cm³/mol. The van der Waals surface area contributed by atoms with E-state index in [2.05, 4.69) is 24.1 Å². The monoisotopic (exact) mass is 507 g/mol. The van der Waals surface area contributed by atoms with Crippen molar-refractivity contribution in [2.75, 3.05) is 13.2 Å². The number of aliphatic hydroxyl groups is 2. The number of rotatable bonds is 1. The molecule has 1 aromatic heterocycles. The largest absolute Gasteiger partial charge is 0.385 e. The van der Waals surface area contributed by atoms with E-state index in [1.165, 1.54) is 5.57 Å². The number of aromatic nitrogens is 1. The van der Waals surface area contributed by atoms with Crippen LogP contribution in [0.1, 0.15) is 63.9 Å². The maximum atomic E-state index is 12.4. The maximum absolute atomic E-state index is 12.4. The van der Waals surface area contributed by atoms with Gasteiger partial charge in [0.2, 0.25) is 0 Å². The molecule has 36 heavy (non-hydrogen) atoms. The lowest BCUT2D eigenvalue weighted by Crippen LogP contribution is -2.53. The number of halogens is 1. The first-order valence-corrected chi connectivity index (χ1v) is 13.8. The van der Waals surface area contributed by atoms with Gasteiger partial charge in [-0.3, -0.25) is 0 Å². The molecular weight excluding hydrogens is 474 g/mol. The topological polar surface area (TPSA) is 71.8 Å². The first-order chi connectivity index (χ1) is 17.3. The quantitative estimate of drug-likeness (QED) is 0.476. The SMILES string of the molecule is CC12CC=C3C=C4CCC5(CC4CC[C@]3(O)C1CC[C@@]2(O)c1ccc2ccnc(Cl)c2c1)OCCO5. The van der Waals surface area contributed by atoms with Gasteiger partial charge in [0.05, 0.1) is 24.4 Å². The molecule has 5 atom stereocenters. The molecule has 2 saturated carbocycles. The Morgan fingerprint density at radius 3 is 2.72 bits per heavy atom. The predicted octanol–water partition coefficient (Wildman–Crippen LogP) is 5.82. The van der Waals surface area contributed by atoms with Crippen LogP contribution in [0.15, 0.2) is 53.8 Å². The Labute approximate surface area is 217 Å². The molecule has 1 spiro atoms. The van der Waals surface area contributed by atoms with Crippen molar-refractivity contribution in [1.82, 2.24) is 4.98 Å². The van der Waals surface area contributed by atoms with Gasteiger partial charge >= 0.3 is 0 Å². The van der Waals surface area contributed by atoms with Gasteiger partial charge in [-0.25, -0.2) is 4.98 Å². The summed E-state index contributed by atoms with van der Waals surface area (Å²) in [5.74, 6) is -0.0860. The van der Waals surface area contributed by atoms with Crippen molar-refractivity contribution in [3.05, 3.63) is 64.5 Å². The summed E-state index contributed by atoms with van der Waals surface area (Å²) >= 11 is 6.42. The van der Waals surface area contributed by atoms with E-state index in [4.69, 9.17) is 21.1 Å². The van der Waals surface area contributed by atoms with Crippen LogP contribution in [0, 0.1) is 17.3 Å². The highest BCUT2D eigenvalue weighted by molar-refractivity contribution is 6.34. The van der Waals surface area contributed by atoms with Crippen LogP contribution < -0.4 is 0 Å². The summed E-state index contributed by atoms with van der Waals surface area (Å²) in [6, 6.07) is 8.00. The fraction of sp³-hybridized carbons (Fsp3) is 0.567. The van der Waals surface area contributed by atoms with Crippen LogP contribution in [0.2, 0.25) is 5.15 Å². The lowest BCUT2D eigenvalue weighted by molar-refractivity contribution is -0.180. The highest BCUT2D eigenvalue weighted by Crippen LogP contribution is 2.65. The lowest BCUT2D eigenvalue weighted by atomic mass is 9.56. The number of hydrogen-bond donors (Lipinski definition) is 2. The highest BCUT2D eigenvalue weighted by Gasteiger charge is 2.64. The van der Waals surface area contributed by atoms with Crippen molar-refractivity contribution >= 4 is 22.4 Å². The van der Waals surface area contributed by atoms with Crippen LogP contribution >= 0.6 is 11.6 Å². The second kappa shape index (κ2) is 7.87. The molecule has 1 aromatic carbocycles. The molecule has 6 heteroatoms. The third-order valence-corrected chi connectivity index (χ3v) is 10.7. The molecule has 5 aliphatic rings. The Balaban J connectivity index is 1.24. The smallest absolute Gasteiger partial charge is 0.169 e. The Morgan fingerprint density at radius 1 is 1.06 bits per heavy atom. The van der Waals surface area contributed by atoms with E-state index in [1.807, 2.05) is 24.3 Å². The zero-order chi connectivity index (χ0) is 24.8. The molecule has 2 heterocycles. The van der Waals surface area contributed by atoms with Crippen LogP contribution in [0.4, 0.5) is 0 Å². The average Bonchev–Trinajstić information content (AvgIpc) is 3.40. The maximum Gasteiger partial charge on any atom is 0.169 e. The Bertz CT molecular complexity index is 1300. The van der Waals surface area contributed by atoms with Crippen LogP contribution in [0.5, 0.6) is 0 Å². The Morgan fingerprint density at radius 2 is 1.89 bits per heavy atom. The van der Waals surface area contributed by atoms with Crippen molar-refractivity contribution in [2.24, 2.45) is 17.3 Å². The Hall–Kier alpha value is -1.76. The number of fused-ring (bicyclic) bond motifs is 5. The number of hydrogen-bond acceptors (Lipinski definition) is 5. The summed E-state index contributed by atoms with van der Waals surface area (Å²) in [4.78, 5) is 4.24. The molecule has 3 fully saturated rings. The van der Waals surface area contributed by atoms with Gasteiger partial charge in [0.1, 0.15) is 5.15 Å². The minimum absolute atomic E-state index is 0.0278. The summed E-state index contributed by atoms with van der Waals surface area (Å²) in [7, 11) is 0. The van der Waals surface area contributed by atoms with Crippen molar-refractivity contribution in [2.45, 2.75) is 75.3 Å². The van der Waals surface area contributed by atoms with Crippen molar-refractivity contribution in [3.8, 4) is 0 Å². The third-order valence-electron chi connectivity index (χ3n) is 10.4. The molecule has 7 rings (SSSR count). The van der Waals surface area contributed by atoms with Gasteiger partial charge < -0.3 is 19.7 Å². The molecule has 4 aliphatic carbocycles. The summed E-state index contributed by atoms with van der Waals surface area (Å²) in [5.41, 5.74) is 0.874. The van der Waals surface area contributed by atoms with E-state index in [0.29, 0.717) is 37.1 Å². The van der Waals surface area contributed by atoms with Crippen molar-refractivity contribution in [1.29, 1.82) is 0 Å². The number of benzene rings is 1. The van der Waals surface area contributed by atoms with Crippen molar-refractivity contribution in [3.63, 3.8) is 0 Å². The van der Waals surface area contributed by atoms with E-state index in [0.717, 1.165) is 60.4 Å². The van der Waals surface area contributed by atoms with E-state index >= 15 is 0 Å². The first-order valence-electron chi connectivity index (χ1n) is 13.5. The fourth-order valence-corrected chi connectivity index (χ4v) is 8.59. The van der Waals surface area contributed by atoms with E-state index in [-0.39, 0.29) is 5.92 Å². The molecule has 2 aromatic rings. The third kappa shape index (κ3) is 3.13. The number of ether oxygens (including phenoxy) is 2. The molecule has 0 amide bonds. The zero-order valence-corrected chi connectivity index (χ0v) is 21.6. The van der Waals surface area contributed by atoms with Gasteiger partial charge in [-0.05, 0) is 73.1 Å². The molecule has 5 nitrogen and oxygen atoms in total. The molecule has 1 saturated heterocycles. The van der Waals surface area contributed by atoms with Gasteiger partial charge in [0.15, 0.2) is 5.79 Å². The van der Waals surface area contributed by atoms with Gasteiger partial charge in [-0.2, -0.15) is 0 Å². The van der Waals surface area contributed by atoms with Gasteiger partial charge in [-0.1, -0.05) is 48.4 Å². The van der Waals surface area contributed by atoms with Crippen molar-refractivity contribution < 1.29 is 19.7 Å². The van der Waals surface area contributed by atoms with Gasteiger partial charge in [0.25, 0.3) is 0 Å². The first kappa shape index (κ1) is 23.4. The zero-order valence-electron chi connectivity index (χ0n) is 20.8. The number of allylic oxidation sites excluding steroid dienone is 2. The standard InChI is InChI=1S/C30H34ClNO4/c1-27-9-6-22-16-20-4-10-28(35-14-15-36-28)18-21(20)5-11-29(22,33)25(27)7-12-30(27,34)23-3-2-19-8-13-32-26(31)24(19)17-23/h2-3,6,8,13,16-17,21,25,33-34H,4-5,7,9-12,14-15,18H2,1H3/t21?,25?,27?,29-,30-/m1/s1. The van der Waals surface area contributed by atoms with Gasteiger partial charge in [0, 0.05) is 35.8 Å². The molecule has 0 bridgehead atoms. The van der Waals surface area contributed by atoms with E-state index in [9.17, 15) is 10.2 Å². The molecule has 1 aliphatic heterocycles. The number of nitrogens with zero attached hydrogens (tertiary/aromatic N) is 1. The van der Waals surface area contributed by atoms with Crippen LogP contribution in [0.25, 0.3) is 10.8 Å². The summed E-state index contributed by atoms with van der Waals surface area (Å²) in [6.45, 7) is 3.52. The minimum atomic E-state index is -1.05. The second-order valence-electron chi connectivity index (χ2n) is 12.0. The summed E-state index contributed by atoms with van der Waals surface area (Å²) in [6.07, 6.45) is 12.7. The van der Waals surface area contributed by atoms with Crippen LogP contribution in [-0.4, -0.2) is 39.8 Å². The normalized spacial score (nSPS) is 39.2. The van der Waals surface area contributed by atoms with E-state index in [1.54, 1.807) is 6.20 Å². The summed E-state index contributed by atoms with van der Waals surface area (Å²) in [5, 5.41) is 27.0. The minimum Gasteiger partial charge on any atom is -0.385 e.